The van der Waals surface area contributed by atoms with Crippen LogP contribution >= 0.6 is 0 Å². The van der Waals surface area contributed by atoms with Crippen LogP contribution in [0.15, 0.2) is 36.4 Å². The van der Waals surface area contributed by atoms with Crippen LogP contribution in [-0.2, 0) is 0 Å². The highest BCUT2D eigenvalue weighted by atomic mass is 16.5. The van der Waals surface area contributed by atoms with Crippen molar-refractivity contribution in [2.24, 2.45) is 5.73 Å². The summed E-state index contributed by atoms with van der Waals surface area (Å²) >= 11 is 0. The highest BCUT2D eigenvalue weighted by Crippen LogP contribution is 2.33. The van der Waals surface area contributed by atoms with Gasteiger partial charge >= 0.3 is 0 Å². The van der Waals surface area contributed by atoms with Crippen molar-refractivity contribution in [3.63, 3.8) is 0 Å². The van der Waals surface area contributed by atoms with Crippen LogP contribution in [0.5, 0.6) is 23.0 Å². The van der Waals surface area contributed by atoms with Gasteiger partial charge in [0.05, 0.1) is 33.5 Å². The normalized spacial score (nSPS) is 11.8. The lowest BCUT2D eigenvalue weighted by Crippen LogP contribution is -2.14. The first-order valence-electron chi connectivity index (χ1n) is 9.41. The first-order valence-corrected chi connectivity index (χ1v) is 9.41. The second-order valence-electron chi connectivity index (χ2n) is 6.16. The maximum absolute atomic E-state index is 6.41. The van der Waals surface area contributed by atoms with Gasteiger partial charge in [0.15, 0.2) is 28.8 Å². The number of nitrogens with two attached hydrogens (primary N) is 1. The molecule has 0 saturated heterocycles. The molecule has 154 valence electrons. The fourth-order valence-electron chi connectivity index (χ4n) is 2.94. The van der Waals surface area contributed by atoms with E-state index >= 15 is 0 Å². The predicted molar refractivity (Wildman–Crippen MR) is 110 cm³/mol. The monoisotopic (exact) mass is 398 g/mol. The van der Waals surface area contributed by atoms with E-state index in [4.69, 9.17) is 24.7 Å². The maximum Gasteiger partial charge on any atom is 0.181 e. The smallest absolute Gasteiger partial charge is 0.181 e. The minimum Gasteiger partial charge on any atom is -0.493 e. The van der Waals surface area contributed by atoms with Crippen molar-refractivity contribution in [2.75, 3.05) is 27.4 Å². The highest BCUT2D eigenvalue weighted by molar-refractivity contribution is 5.61. The number of H-pyrrole nitrogens is 1. The average Bonchev–Trinajstić information content (AvgIpc) is 3.24. The van der Waals surface area contributed by atoms with Crippen molar-refractivity contribution in [1.82, 2.24) is 15.2 Å². The van der Waals surface area contributed by atoms with Crippen LogP contribution in [0.25, 0.3) is 11.4 Å². The number of methoxy groups -OCH3 is 2. The minimum atomic E-state index is -0.494. The van der Waals surface area contributed by atoms with Gasteiger partial charge in [0.25, 0.3) is 0 Å². The summed E-state index contributed by atoms with van der Waals surface area (Å²) in [6.45, 7) is 4.92. The van der Waals surface area contributed by atoms with Gasteiger partial charge in [0.2, 0.25) is 0 Å². The molecule has 3 N–H and O–H groups in total. The van der Waals surface area contributed by atoms with E-state index in [0.29, 0.717) is 47.9 Å². The number of hydrogen-bond donors (Lipinski definition) is 2. The summed E-state index contributed by atoms with van der Waals surface area (Å²) < 4.78 is 21.9. The average molecular weight is 398 g/mol. The number of aromatic nitrogens is 3. The third-order valence-electron chi connectivity index (χ3n) is 4.37. The molecule has 8 heteroatoms. The van der Waals surface area contributed by atoms with Gasteiger partial charge in [-0.25, -0.2) is 4.98 Å². The van der Waals surface area contributed by atoms with Gasteiger partial charge in [0, 0.05) is 5.56 Å². The third kappa shape index (κ3) is 4.43. The molecular formula is C21H26N4O4. The zero-order valence-electron chi connectivity index (χ0n) is 17.1. The summed E-state index contributed by atoms with van der Waals surface area (Å²) in [6, 6.07) is 10.6. The molecule has 1 atom stereocenters. The van der Waals surface area contributed by atoms with E-state index in [1.165, 1.54) is 0 Å². The molecule has 29 heavy (non-hydrogen) atoms. The fourth-order valence-corrected chi connectivity index (χ4v) is 2.94. The van der Waals surface area contributed by atoms with Crippen LogP contribution in [0.4, 0.5) is 0 Å². The Balaban J connectivity index is 1.87. The summed E-state index contributed by atoms with van der Waals surface area (Å²) in [5.74, 6) is 3.65. The van der Waals surface area contributed by atoms with Crippen molar-refractivity contribution in [2.45, 2.75) is 19.9 Å². The Kier molecular flexibility index (Phi) is 6.56. The van der Waals surface area contributed by atoms with Crippen LogP contribution in [0.2, 0.25) is 0 Å². The van der Waals surface area contributed by atoms with E-state index in [1.807, 2.05) is 50.2 Å². The van der Waals surface area contributed by atoms with Crippen LogP contribution < -0.4 is 24.7 Å². The van der Waals surface area contributed by atoms with E-state index in [9.17, 15) is 0 Å². The second kappa shape index (κ2) is 9.29. The Hall–Kier alpha value is -3.26. The lowest BCUT2D eigenvalue weighted by atomic mass is 10.1. The topological polar surface area (TPSA) is 105 Å². The van der Waals surface area contributed by atoms with Crippen molar-refractivity contribution in [3.05, 3.63) is 47.8 Å². The molecule has 0 aliphatic carbocycles. The number of ether oxygens (including phenoxy) is 4. The number of benzene rings is 2. The van der Waals surface area contributed by atoms with Gasteiger partial charge < -0.3 is 24.7 Å². The molecule has 1 unspecified atom stereocenters. The quantitative estimate of drug-likeness (QED) is 0.569. The molecule has 0 bridgehead atoms. The molecule has 3 aromatic rings. The van der Waals surface area contributed by atoms with Gasteiger partial charge in [-0.3, -0.25) is 5.10 Å². The van der Waals surface area contributed by atoms with E-state index < -0.39 is 6.04 Å². The molecule has 1 aromatic heterocycles. The molecule has 8 nitrogen and oxygen atoms in total. The van der Waals surface area contributed by atoms with Crippen molar-refractivity contribution in [3.8, 4) is 34.4 Å². The summed E-state index contributed by atoms with van der Waals surface area (Å²) in [5, 5.41) is 7.24. The zero-order chi connectivity index (χ0) is 20.8. The van der Waals surface area contributed by atoms with Gasteiger partial charge in [-0.2, -0.15) is 5.10 Å². The summed E-state index contributed by atoms with van der Waals surface area (Å²) in [5.41, 5.74) is 8.04. The predicted octanol–water partition coefficient (Wildman–Crippen LogP) is 3.33. The first-order chi connectivity index (χ1) is 14.1. The Morgan fingerprint density at radius 2 is 1.59 bits per heavy atom. The molecule has 0 spiro atoms. The van der Waals surface area contributed by atoms with Gasteiger partial charge in [0.1, 0.15) is 5.82 Å². The standard InChI is InChI=1S/C21H26N4O4/c1-5-28-16-10-8-14(12-17(16)27-4)20-23-21(25-24-20)19(22)13-7-9-15(26-3)18(11-13)29-6-2/h7-12,19H,5-6,22H2,1-4H3,(H,23,24,25). The number of hydrogen-bond acceptors (Lipinski definition) is 7. The molecule has 0 amide bonds. The summed E-state index contributed by atoms with van der Waals surface area (Å²) in [6.07, 6.45) is 0. The lowest BCUT2D eigenvalue weighted by molar-refractivity contribution is 0.310. The number of nitrogens with zero attached hydrogens (tertiary/aromatic N) is 2. The zero-order valence-corrected chi connectivity index (χ0v) is 17.1. The highest BCUT2D eigenvalue weighted by Gasteiger charge is 2.18. The van der Waals surface area contributed by atoms with E-state index in [0.717, 1.165) is 11.1 Å². The van der Waals surface area contributed by atoms with Gasteiger partial charge in [-0.05, 0) is 49.7 Å². The first kappa shape index (κ1) is 20.5. The number of aromatic amines is 1. The molecule has 0 saturated carbocycles. The third-order valence-corrected chi connectivity index (χ3v) is 4.37. The van der Waals surface area contributed by atoms with Crippen molar-refractivity contribution < 1.29 is 18.9 Å². The SMILES string of the molecule is CCOc1ccc(-c2n[nH]c(C(N)c3ccc(OC)c(OCC)c3)n2)cc1OC. The molecule has 0 radical (unpaired) electrons. The van der Waals surface area contributed by atoms with Crippen molar-refractivity contribution >= 4 is 0 Å². The molecule has 3 rings (SSSR count). The lowest BCUT2D eigenvalue weighted by Gasteiger charge is -2.14. The minimum absolute atomic E-state index is 0.494. The maximum atomic E-state index is 6.41. The van der Waals surface area contributed by atoms with Crippen LogP contribution in [0.3, 0.4) is 0 Å². The second-order valence-corrected chi connectivity index (χ2v) is 6.16. The molecule has 0 aliphatic rings. The van der Waals surface area contributed by atoms with Crippen LogP contribution in [0, 0.1) is 0 Å². The molecule has 0 fully saturated rings. The number of rotatable bonds is 9. The Bertz CT molecular complexity index is 958. The Morgan fingerprint density at radius 1 is 0.897 bits per heavy atom. The molecule has 0 aliphatic heterocycles. The van der Waals surface area contributed by atoms with E-state index in [-0.39, 0.29) is 0 Å². The Labute approximate surface area is 170 Å². The molecular weight excluding hydrogens is 372 g/mol. The van der Waals surface area contributed by atoms with Crippen molar-refractivity contribution in [1.29, 1.82) is 0 Å². The summed E-state index contributed by atoms with van der Waals surface area (Å²) in [4.78, 5) is 4.57. The van der Waals surface area contributed by atoms with E-state index in [2.05, 4.69) is 15.2 Å². The molecule has 1 heterocycles. The van der Waals surface area contributed by atoms with Crippen LogP contribution in [-0.4, -0.2) is 42.6 Å². The molecule has 2 aromatic carbocycles. The van der Waals surface area contributed by atoms with E-state index in [1.54, 1.807) is 14.2 Å². The number of nitrogens with one attached hydrogen (secondary N) is 1. The largest absolute Gasteiger partial charge is 0.493 e. The van der Waals surface area contributed by atoms with Gasteiger partial charge in [-0.1, -0.05) is 6.07 Å². The Morgan fingerprint density at radius 3 is 2.28 bits per heavy atom. The summed E-state index contributed by atoms with van der Waals surface area (Å²) in [7, 11) is 3.20. The van der Waals surface area contributed by atoms with Crippen LogP contribution in [0.1, 0.15) is 31.3 Å². The van der Waals surface area contributed by atoms with Gasteiger partial charge in [-0.15, -0.1) is 0 Å². The fraction of sp³-hybridized carbons (Fsp3) is 0.333.